The van der Waals surface area contributed by atoms with Crippen LogP contribution in [0.1, 0.15) is 22.2 Å². The molecule has 0 saturated carbocycles. The maximum atomic E-state index is 11.3. The fourth-order valence-corrected chi connectivity index (χ4v) is 4.16. The Bertz CT molecular complexity index is 1020. The summed E-state index contributed by atoms with van der Waals surface area (Å²) in [5.41, 5.74) is 2.85. The number of hydrogen-bond donors (Lipinski definition) is 0. The van der Waals surface area contributed by atoms with Crippen molar-refractivity contribution in [1.29, 1.82) is 0 Å². The van der Waals surface area contributed by atoms with Crippen molar-refractivity contribution in [2.24, 2.45) is 0 Å². The highest BCUT2D eigenvalue weighted by atomic mass is 32.2. The Morgan fingerprint density at radius 2 is 1.89 bits per heavy atom. The average molecular weight is 398 g/mol. The van der Waals surface area contributed by atoms with E-state index in [9.17, 15) is 10.1 Å². The molecule has 0 saturated heterocycles. The van der Waals surface area contributed by atoms with Gasteiger partial charge < -0.3 is 9.47 Å². The number of ether oxygens (including phenoxy) is 2. The van der Waals surface area contributed by atoms with Gasteiger partial charge in [-0.15, -0.1) is 10.2 Å². The summed E-state index contributed by atoms with van der Waals surface area (Å²) in [6, 6.07) is 13.4. The van der Waals surface area contributed by atoms with Gasteiger partial charge in [-0.25, -0.2) is 0 Å². The molecule has 28 heavy (non-hydrogen) atoms. The smallest absolute Gasteiger partial charge is 0.231 e. The van der Waals surface area contributed by atoms with E-state index in [1.54, 1.807) is 12.1 Å². The molecule has 1 aliphatic heterocycles. The quantitative estimate of drug-likeness (QED) is 0.355. The first-order valence-corrected chi connectivity index (χ1v) is 9.56. The number of aryl methyl sites for hydroxylation is 2. The van der Waals surface area contributed by atoms with Crippen molar-refractivity contribution >= 4 is 11.8 Å². The first-order chi connectivity index (χ1) is 13.5. The van der Waals surface area contributed by atoms with Crippen molar-refractivity contribution in [1.82, 2.24) is 14.8 Å². The molecule has 2 heterocycles. The molecule has 3 aromatic rings. The fourth-order valence-electron chi connectivity index (χ4n) is 3.00. The molecule has 1 aliphatic rings. The van der Waals surface area contributed by atoms with Gasteiger partial charge >= 0.3 is 0 Å². The van der Waals surface area contributed by atoms with E-state index in [0.717, 1.165) is 22.6 Å². The summed E-state index contributed by atoms with van der Waals surface area (Å²) < 4.78 is 12.7. The van der Waals surface area contributed by atoms with Crippen LogP contribution in [0.5, 0.6) is 11.5 Å². The number of thioether (sulfide) groups is 1. The summed E-state index contributed by atoms with van der Waals surface area (Å²) in [4.78, 5) is 11.0. The van der Waals surface area contributed by atoms with Gasteiger partial charge in [0.15, 0.2) is 16.7 Å². The molecular weight excluding hydrogens is 380 g/mol. The summed E-state index contributed by atoms with van der Waals surface area (Å²) in [5, 5.41) is 19.9. The monoisotopic (exact) mass is 398 g/mol. The summed E-state index contributed by atoms with van der Waals surface area (Å²) in [5.74, 6) is 1.96. The molecule has 1 aromatic heterocycles. The third-order valence-electron chi connectivity index (χ3n) is 4.42. The van der Waals surface area contributed by atoms with Gasteiger partial charge in [-0.2, -0.15) is 0 Å². The molecule has 8 nitrogen and oxygen atoms in total. The van der Waals surface area contributed by atoms with E-state index in [-0.39, 0.29) is 18.3 Å². The standard InChI is InChI=1S/C19H18N4O4S/c1-12-3-6-15(7-4-12)23-13(2)20-21-19(23)28-18(10-22(24)25)14-5-8-16-17(9-14)27-11-26-16/h3-9,18H,10-11H2,1-2H3/t18-/m1/s1. The van der Waals surface area contributed by atoms with E-state index in [2.05, 4.69) is 10.2 Å². The Kier molecular flexibility index (Phi) is 4.91. The summed E-state index contributed by atoms with van der Waals surface area (Å²) in [6.45, 7) is 3.79. The number of nitro groups is 1. The van der Waals surface area contributed by atoms with Crippen molar-refractivity contribution in [2.45, 2.75) is 24.3 Å². The van der Waals surface area contributed by atoms with Crippen molar-refractivity contribution in [3.63, 3.8) is 0 Å². The van der Waals surface area contributed by atoms with E-state index in [0.29, 0.717) is 16.7 Å². The molecule has 9 heteroatoms. The largest absolute Gasteiger partial charge is 0.454 e. The second-order valence-electron chi connectivity index (χ2n) is 6.44. The predicted octanol–water partition coefficient (Wildman–Crippen LogP) is 3.72. The molecule has 1 atom stereocenters. The third-order valence-corrected chi connectivity index (χ3v) is 5.60. The van der Waals surface area contributed by atoms with Crippen molar-refractivity contribution in [3.05, 3.63) is 69.5 Å². The Balaban J connectivity index is 1.68. The van der Waals surface area contributed by atoms with Gasteiger partial charge in [-0.1, -0.05) is 35.5 Å². The summed E-state index contributed by atoms with van der Waals surface area (Å²) >= 11 is 1.31. The molecule has 0 amide bonds. The molecule has 4 rings (SSSR count). The lowest BCUT2D eigenvalue weighted by atomic mass is 10.1. The highest BCUT2D eigenvalue weighted by Gasteiger charge is 2.26. The number of rotatable bonds is 6. The van der Waals surface area contributed by atoms with Gasteiger partial charge in [0.25, 0.3) is 0 Å². The lowest BCUT2D eigenvalue weighted by Gasteiger charge is -2.15. The number of benzene rings is 2. The van der Waals surface area contributed by atoms with Crippen LogP contribution in [0.2, 0.25) is 0 Å². The minimum atomic E-state index is -0.447. The second-order valence-corrected chi connectivity index (χ2v) is 7.61. The molecule has 0 spiro atoms. The topological polar surface area (TPSA) is 92.3 Å². The molecule has 2 aromatic carbocycles. The highest BCUT2D eigenvalue weighted by Crippen LogP contribution is 2.40. The molecule has 0 fully saturated rings. The van der Waals surface area contributed by atoms with Crippen LogP contribution in [0.3, 0.4) is 0 Å². The molecule has 144 valence electrons. The van der Waals surface area contributed by atoms with Gasteiger partial charge in [0.2, 0.25) is 13.3 Å². The molecule has 0 aliphatic carbocycles. The minimum Gasteiger partial charge on any atom is -0.454 e. The minimum absolute atomic E-state index is 0.160. The maximum absolute atomic E-state index is 11.3. The van der Waals surface area contributed by atoms with Crippen molar-refractivity contribution < 1.29 is 14.4 Å². The normalized spacial score (nSPS) is 13.5. The first kappa shape index (κ1) is 18.3. The Hall–Kier alpha value is -3.07. The van der Waals surface area contributed by atoms with Gasteiger partial charge in [0.05, 0.1) is 0 Å². The summed E-state index contributed by atoms with van der Waals surface area (Å²) in [7, 11) is 0. The van der Waals surface area contributed by atoms with Crippen LogP contribution < -0.4 is 9.47 Å². The van der Waals surface area contributed by atoms with Gasteiger partial charge in [0, 0.05) is 10.6 Å². The van der Waals surface area contributed by atoms with Crippen LogP contribution >= 0.6 is 11.8 Å². The Morgan fingerprint density at radius 1 is 1.14 bits per heavy atom. The van der Waals surface area contributed by atoms with E-state index >= 15 is 0 Å². The molecule has 0 N–H and O–H groups in total. The van der Waals surface area contributed by atoms with Gasteiger partial charge in [0.1, 0.15) is 11.1 Å². The highest BCUT2D eigenvalue weighted by molar-refractivity contribution is 7.99. The zero-order valence-corrected chi connectivity index (χ0v) is 16.2. The maximum Gasteiger partial charge on any atom is 0.231 e. The number of aromatic nitrogens is 3. The average Bonchev–Trinajstić information content (AvgIpc) is 3.27. The lowest BCUT2D eigenvalue weighted by Crippen LogP contribution is -2.11. The van der Waals surface area contributed by atoms with E-state index < -0.39 is 5.25 Å². The summed E-state index contributed by atoms with van der Waals surface area (Å²) in [6.07, 6.45) is 0. The third kappa shape index (κ3) is 3.65. The van der Waals surface area contributed by atoms with E-state index in [1.807, 2.05) is 48.7 Å². The number of nitrogens with zero attached hydrogens (tertiary/aromatic N) is 4. The first-order valence-electron chi connectivity index (χ1n) is 8.68. The number of fused-ring (bicyclic) bond motifs is 1. The van der Waals surface area contributed by atoms with Crippen LogP contribution in [0.15, 0.2) is 47.6 Å². The van der Waals surface area contributed by atoms with E-state index in [4.69, 9.17) is 9.47 Å². The fraction of sp³-hybridized carbons (Fsp3) is 0.263. The molecule has 0 radical (unpaired) electrons. The predicted molar refractivity (Wildman–Crippen MR) is 104 cm³/mol. The van der Waals surface area contributed by atoms with Crippen LogP contribution in [0, 0.1) is 24.0 Å². The van der Waals surface area contributed by atoms with Crippen LogP contribution in [0.4, 0.5) is 0 Å². The van der Waals surface area contributed by atoms with Crippen LogP contribution in [-0.4, -0.2) is 33.0 Å². The zero-order chi connectivity index (χ0) is 19.7. The molecule has 0 bridgehead atoms. The number of hydrogen-bond acceptors (Lipinski definition) is 7. The van der Waals surface area contributed by atoms with Crippen LogP contribution in [0.25, 0.3) is 5.69 Å². The second kappa shape index (κ2) is 7.51. The van der Waals surface area contributed by atoms with E-state index in [1.165, 1.54) is 11.8 Å². The molecule has 0 unspecified atom stereocenters. The van der Waals surface area contributed by atoms with Crippen LogP contribution in [-0.2, 0) is 0 Å². The molecular formula is C19H18N4O4S. The Labute approximate surface area is 165 Å². The van der Waals surface area contributed by atoms with Crippen molar-refractivity contribution in [2.75, 3.05) is 13.3 Å². The van der Waals surface area contributed by atoms with Gasteiger partial charge in [-0.05, 0) is 43.7 Å². The lowest BCUT2D eigenvalue weighted by molar-refractivity contribution is -0.479. The zero-order valence-electron chi connectivity index (χ0n) is 15.4. The Morgan fingerprint density at radius 3 is 2.64 bits per heavy atom. The van der Waals surface area contributed by atoms with Crippen molar-refractivity contribution in [3.8, 4) is 17.2 Å². The SMILES string of the molecule is Cc1ccc(-n2c(C)nnc2S[C@H](C[N+](=O)[O-])c2ccc3c(c2)OCO3)cc1. The van der Waals surface area contributed by atoms with Gasteiger partial charge in [-0.3, -0.25) is 14.7 Å².